The van der Waals surface area contributed by atoms with Crippen LogP contribution in [0.1, 0.15) is 52.8 Å². The predicted molar refractivity (Wildman–Crippen MR) is 89.0 cm³/mol. The van der Waals surface area contributed by atoms with Gasteiger partial charge in [-0.3, -0.25) is 5.84 Å². The number of aryl methyl sites for hydroxylation is 1. The average Bonchev–Trinajstić information content (AvgIpc) is 2.70. The molecule has 20 heavy (non-hydrogen) atoms. The van der Waals surface area contributed by atoms with E-state index < -0.39 is 0 Å². The van der Waals surface area contributed by atoms with Gasteiger partial charge >= 0.3 is 0 Å². The van der Waals surface area contributed by atoms with Crippen molar-refractivity contribution in [3.63, 3.8) is 0 Å². The number of thiophene rings is 1. The maximum Gasteiger partial charge on any atom is 0.0805 e. The van der Waals surface area contributed by atoms with Gasteiger partial charge in [0.15, 0.2) is 0 Å². The van der Waals surface area contributed by atoms with E-state index in [9.17, 15) is 0 Å². The number of halogens is 1. The number of benzene rings is 1. The van der Waals surface area contributed by atoms with E-state index in [-0.39, 0.29) is 6.04 Å². The largest absolute Gasteiger partial charge is 0.271 e. The Kier molecular flexibility index (Phi) is 4.26. The Hall–Kier alpha value is -0.680. The minimum Gasteiger partial charge on any atom is -0.271 e. The highest BCUT2D eigenvalue weighted by Gasteiger charge is 2.26. The lowest BCUT2D eigenvalue weighted by atomic mass is 9.77. The van der Waals surface area contributed by atoms with Gasteiger partial charge in [-0.25, -0.2) is 5.43 Å². The number of hydrazine groups is 1. The van der Waals surface area contributed by atoms with Gasteiger partial charge < -0.3 is 0 Å². The van der Waals surface area contributed by atoms with E-state index >= 15 is 0 Å². The molecule has 1 aliphatic rings. The Morgan fingerprint density at radius 3 is 2.65 bits per heavy atom. The smallest absolute Gasteiger partial charge is 0.0805 e. The van der Waals surface area contributed by atoms with E-state index in [1.807, 2.05) is 0 Å². The van der Waals surface area contributed by atoms with Crippen LogP contribution < -0.4 is 11.3 Å². The topological polar surface area (TPSA) is 38.0 Å². The molecular weight excluding hydrogens is 332 g/mol. The molecule has 1 fully saturated rings. The van der Waals surface area contributed by atoms with Crippen molar-refractivity contribution in [2.75, 3.05) is 0 Å². The van der Waals surface area contributed by atoms with E-state index in [1.54, 1.807) is 11.3 Å². The molecule has 4 heteroatoms. The number of hydrogen-bond donors (Lipinski definition) is 2. The summed E-state index contributed by atoms with van der Waals surface area (Å²) in [6.07, 6.45) is 3.96. The lowest BCUT2D eigenvalue weighted by Crippen LogP contribution is -2.29. The molecular formula is C16H19BrN2S. The maximum absolute atomic E-state index is 5.87. The summed E-state index contributed by atoms with van der Waals surface area (Å²) in [5.41, 5.74) is 7.07. The molecule has 1 aliphatic carbocycles. The third-order valence-electron chi connectivity index (χ3n) is 4.18. The van der Waals surface area contributed by atoms with Gasteiger partial charge in [-0.05, 0) is 64.4 Å². The second kappa shape index (κ2) is 5.98. The molecule has 0 saturated heterocycles. The van der Waals surface area contributed by atoms with Crippen molar-refractivity contribution >= 4 is 27.3 Å². The van der Waals surface area contributed by atoms with Crippen LogP contribution in [-0.4, -0.2) is 0 Å². The van der Waals surface area contributed by atoms with Gasteiger partial charge in [-0.1, -0.05) is 30.7 Å². The van der Waals surface area contributed by atoms with Crippen molar-refractivity contribution in [1.82, 2.24) is 5.43 Å². The molecule has 2 aromatic rings. The second-order valence-electron chi connectivity index (χ2n) is 5.46. The average molecular weight is 351 g/mol. The summed E-state index contributed by atoms with van der Waals surface area (Å²) < 4.78 is 1.19. The van der Waals surface area contributed by atoms with E-state index in [2.05, 4.69) is 58.6 Å². The van der Waals surface area contributed by atoms with Crippen LogP contribution in [-0.2, 0) is 0 Å². The third kappa shape index (κ3) is 2.58. The van der Waals surface area contributed by atoms with Crippen molar-refractivity contribution in [2.24, 2.45) is 5.84 Å². The Labute approximate surface area is 132 Å². The van der Waals surface area contributed by atoms with Crippen molar-refractivity contribution in [3.8, 4) is 0 Å². The van der Waals surface area contributed by atoms with E-state index in [4.69, 9.17) is 5.84 Å². The molecule has 0 radical (unpaired) electrons. The van der Waals surface area contributed by atoms with Crippen LogP contribution in [0.5, 0.6) is 0 Å². The predicted octanol–water partition coefficient (Wildman–Crippen LogP) is 4.64. The van der Waals surface area contributed by atoms with Gasteiger partial charge in [-0.2, -0.15) is 0 Å². The summed E-state index contributed by atoms with van der Waals surface area (Å²) in [5, 5.41) is 0. The monoisotopic (exact) mass is 350 g/mol. The fourth-order valence-corrected chi connectivity index (χ4v) is 4.47. The molecule has 1 atom stereocenters. The second-order valence-corrected chi connectivity index (χ2v) is 7.86. The summed E-state index contributed by atoms with van der Waals surface area (Å²) in [7, 11) is 0. The van der Waals surface area contributed by atoms with Gasteiger partial charge in [-0.15, -0.1) is 11.3 Å². The Balaban J connectivity index is 2.00. The zero-order valence-electron chi connectivity index (χ0n) is 11.5. The van der Waals surface area contributed by atoms with Gasteiger partial charge in [0.05, 0.1) is 9.83 Å². The van der Waals surface area contributed by atoms with Crippen LogP contribution in [0.3, 0.4) is 0 Å². The third-order valence-corrected chi connectivity index (χ3v) is 6.38. The summed E-state index contributed by atoms with van der Waals surface area (Å²) in [4.78, 5) is 1.27. The lowest BCUT2D eigenvalue weighted by molar-refractivity contribution is 0.414. The quantitative estimate of drug-likeness (QED) is 0.622. The van der Waals surface area contributed by atoms with Gasteiger partial charge in [0.2, 0.25) is 0 Å². The fourth-order valence-electron chi connectivity index (χ4n) is 2.82. The Bertz CT molecular complexity index is 585. The molecule has 1 aromatic carbocycles. The maximum atomic E-state index is 5.87. The van der Waals surface area contributed by atoms with Crippen LogP contribution >= 0.6 is 27.3 Å². The molecule has 0 amide bonds. The van der Waals surface area contributed by atoms with Crippen molar-refractivity contribution in [1.29, 1.82) is 0 Å². The van der Waals surface area contributed by atoms with E-state index in [0.29, 0.717) is 5.92 Å². The fraction of sp³-hybridized carbons (Fsp3) is 0.375. The van der Waals surface area contributed by atoms with Crippen LogP contribution in [0, 0.1) is 6.92 Å². The zero-order chi connectivity index (χ0) is 14.1. The standard InChI is InChI=1S/C16H19BrN2S/c1-10-9-14(20-16(10)17)15(19-18)13-8-3-2-7-12(13)11-5-4-6-11/h2-3,7-9,11,15,19H,4-6,18H2,1H3. The first kappa shape index (κ1) is 14.3. The normalized spacial score (nSPS) is 16.9. The Morgan fingerprint density at radius 1 is 1.35 bits per heavy atom. The van der Waals surface area contributed by atoms with Crippen LogP contribution in [0.25, 0.3) is 0 Å². The molecule has 3 rings (SSSR count). The summed E-state index contributed by atoms with van der Waals surface area (Å²) in [6.45, 7) is 2.12. The minimum absolute atomic E-state index is 0.0850. The summed E-state index contributed by atoms with van der Waals surface area (Å²) in [5.74, 6) is 6.58. The van der Waals surface area contributed by atoms with Crippen molar-refractivity contribution < 1.29 is 0 Å². The molecule has 2 nitrogen and oxygen atoms in total. The molecule has 1 saturated carbocycles. The zero-order valence-corrected chi connectivity index (χ0v) is 13.9. The van der Waals surface area contributed by atoms with Gasteiger partial charge in [0.1, 0.15) is 0 Å². The van der Waals surface area contributed by atoms with Gasteiger partial charge in [0, 0.05) is 4.88 Å². The Morgan fingerprint density at radius 2 is 2.10 bits per heavy atom. The molecule has 0 bridgehead atoms. The molecule has 0 aliphatic heterocycles. The molecule has 1 unspecified atom stereocenters. The first-order valence-electron chi connectivity index (χ1n) is 7.01. The van der Waals surface area contributed by atoms with Crippen LogP contribution in [0.2, 0.25) is 0 Å². The summed E-state index contributed by atoms with van der Waals surface area (Å²) >= 11 is 5.37. The lowest BCUT2D eigenvalue weighted by Gasteiger charge is -2.30. The first-order chi connectivity index (χ1) is 9.70. The first-order valence-corrected chi connectivity index (χ1v) is 8.62. The number of nitrogens with one attached hydrogen (secondary N) is 1. The molecule has 106 valence electrons. The highest BCUT2D eigenvalue weighted by Crippen LogP contribution is 2.42. The highest BCUT2D eigenvalue weighted by atomic mass is 79.9. The van der Waals surface area contributed by atoms with E-state index in [0.717, 1.165) is 0 Å². The van der Waals surface area contributed by atoms with Crippen molar-refractivity contribution in [3.05, 3.63) is 55.7 Å². The molecule has 0 spiro atoms. The number of hydrogen-bond acceptors (Lipinski definition) is 3. The highest BCUT2D eigenvalue weighted by molar-refractivity contribution is 9.11. The summed E-state index contributed by atoms with van der Waals surface area (Å²) in [6, 6.07) is 11.0. The van der Waals surface area contributed by atoms with Crippen molar-refractivity contribution in [2.45, 2.75) is 38.1 Å². The SMILES string of the molecule is Cc1cc(C(NN)c2ccccc2C2CCC2)sc1Br. The number of nitrogens with two attached hydrogens (primary N) is 1. The van der Waals surface area contributed by atoms with Crippen LogP contribution in [0.4, 0.5) is 0 Å². The molecule has 1 heterocycles. The van der Waals surface area contributed by atoms with Crippen LogP contribution in [0.15, 0.2) is 34.1 Å². The van der Waals surface area contributed by atoms with E-state index in [1.165, 1.54) is 44.6 Å². The molecule has 1 aromatic heterocycles. The molecule has 3 N–H and O–H groups in total. The number of rotatable bonds is 4. The minimum atomic E-state index is 0.0850. The van der Waals surface area contributed by atoms with Gasteiger partial charge in [0.25, 0.3) is 0 Å².